The number of hydrogen-bond donors (Lipinski definition) is 1. The van der Waals surface area contributed by atoms with Gasteiger partial charge in [-0.3, -0.25) is 19.6 Å². The van der Waals surface area contributed by atoms with Crippen LogP contribution in [-0.2, 0) is 6.54 Å². The Balaban J connectivity index is 0.000000246. The molecule has 0 unspecified atom stereocenters. The summed E-state index contributed by atoms with van der Waals surface area (Å²) in [6, 6.07) is 21.6. The van der Waals surface area contributed by atoms with Crippen LogP contribution in [0, 0.1) is 49.4 Å². The van der Waals surface area contributed by atoms with Gasteiger partial charge in [0, 0.05) is 79.1 Å². The first-order valence-electron chi connectivity index (χ1n) is 10.9. The number of pyridine rings is 3. The third kappa shape index (κ3) is 5.97. The van der Waals surface area contributed by atoms with Gasteiger partial charge < -0.3 is 9.67 Å². The molecule has 0 aliphatic rings. The quantitative estimate of drug-likeness (QED) is 0.200. The first-order valence-corrected chi connectivity index (χ1v) is 10.9. The Labute approximate surface area is 250 Å². The number of aryl methyl sites for hydroxylation is 1. The van der Waals surface area contributed by atoms with Crippen LogP contribution in [-0.4, -0.2) is 31.6 Å². The maximum Gasteiger partial charge on any atom is 0.455 e. The fourth-order valence-electron chi connectivity index (χ4n) is 3.89. The molecule has 0 amide bonds. The molecule has 0 spiro atoms. The minimum Gasteiger partial charge on any atom is -0.506 e. The third-order valence-electron chi connectivity index (χ3n) is 5.51. The molecule has 0 bridgehead atoms. The molecule has 10 heteroatoms. The van der Waals surface area contributed by atoms with Gasteiger partial charge in [0.25, 0.3) is 11.3 Å². The molecule has 5 rings (SSSR count). The zero-order valence-electron chi connectivity index (χ0n) is 19.4. The van der Waals surface area contributed by atoms with E-state index in [4.69, 9.17) is 0 Å². The Kier molecular flexibility index (Phi) is 9.33. The summed E-state index contributed by atoms with van der Waals surface area (Å²) >= 11 is 0. The second-order valence-electron chi connectivity index (χ2n) is 7.71. The van der Waals surface area contributed by atoms with E-state index in [1.54, 1.807) is 49.6 Å². The number of aromatic hydroxyl groups is 1. The molecule has 0 aliphatic carbocycles. The second kappa shape index (κ2) is 12.1. The number of halogens is 3. The SMILES string of the molecule is CCn1c(=O)c(C(=O)C(F)(F)F)c(O)c2ccc3ccccc3c21.[Eu].c1ccc(-c2ccccn2)nc1. The van der Waals surface area contributed by atoms with Crippen molar-refractivity contribution in [1.29, 1.82) is 0 Å². The standard InChI is InChI=1S/C17H12F3NO3.C10H8N2.Eu/c1-2-21-13-10-6-4-3-5-9(10)7-8-11(13)14(22)12(16(21)24)15(23)17(18,19)20;1-3-7-11-9(5-1)10-6-2-4-8-12-10;/h3-8,22H,2H2,1H3;1-8H;. The number of Topliss-reactive ketones (excluding diaryl/α,β-unsaturated/α-hetero) is 1. The fraction of sp³-hybridized carbons (Fsp3) is 0.111. The molecule has 0 fully saturated rings. The number of ketones is 1. The van der Waals surface area contributed by atoms with Crippen LogP contribution in [0.4, 0.5) is 13.2 Å². The molecule has 2 aromatic carbocycles. The Hall–Kier alpha value is -2.95. The Morgan fingerprint density at radius 3 is 1.95 bits per heavy atom. The molecule has 1 radical (unpaired) electrons. The van der Waals surface area contributed by atoms with Gasteiger partial charge in [-0.05, 0) is 42.6 Å². The van der Waals surface area contributed by atoms with Crippen LogP contribution in [0.3, 0.4) is 0 Å². The normalized spacial score (nSPS) is 10.9. The molecule has 3 aromatic heterocycles. The van der Waals surface area contributed by atoms with Crippen molar-refractivity contribution in [3.63, 3.8) is 0 Å². The molecule has 5 aromatic rings. The third-order valence-corrected chi connectivity index (χ3v) is 5.51. The van der Waals surface area contributed by atoms with E-state index in [0.717, 1.165) is 21.3 Å². The zero-order chi connectivity index (χ0) is 25.9. The number of fused-ring (bicyclic) bond motifs is 3. The topological polar surface area (TPSA) is 85.1 Å². The summed E-state index contributed by atoms with van der Waals surface area (Å²) in [6.07, 6.45) is -1.71. The van der Waals surface area contributed by atoms with Gasteiger partial charge in [-0.2, -0.15) is 13.2 Å². The van der Waals surface area contributed by atoms with E-state index in [1.807, 2.05) is 36.4 Å². The summed E-state index contributed by atoms with van der Waals surface area (Å²) in [4.78, 5) is 32.4. The second-order valence-corrected chi connectivity index (χ2v) is 7.71. The maximum atomic E-state index is 12.8. The Morgan fingerprint density at radius 2 is 1.43 bits per heavy atom. The van der Waals surface area contributed by atoms with Gasteiger partial charge in [-0.25, -0.2) is 0 Å². The van der Waals surface area contributed by atoms with Crippen molar-refractivity contribution in [3.05, 3.63) is 101 Å². The molecule has 1 N–H and O–H groups in total. The molecule has 37 heavy (non-hydrogen) atoms. The van der Waals surface area contributed by atoms with Gasteiger partial charge >= 0.3 is 6.18 Å². The fourth-order valence-corrected chi connectivity index (χ4v) is 3.89. The Morgan fingerprint density at radius 1 is 0.865 bits per heavy atom. The van der Waals surface area contributed by atoms with Crippen molar-refractivity contribution in [2.75, 3.05) is 0 Å². The molecular formula is C27H20EuF3N3O3. The first-order chi connectivity index (χ1) is 17.2. The minimum atomic E-state index is -5.24. The number of aromatic nitrogens is 3. The molecule has 6 nitrogen and oxygen atoms in total. The van der Waals surface area contributed by atoms with E-state index in [9.17, 15) is 27.9 Å². The van der Waals surface area contributed by atoms with Gasteiger partial charge in [-0.1, -0.05) is 42.5 Å². The summed E-state index contributed by atoms with van der Waals surface area (Å²) in [7, 11) is 0. The molecular weight excluding hydrogens is 623 g/mol. The number of carbonyl (C=O) groups excluding carboxylic acids is 1. The minimum absolute atomic E-state index is 0. The number of hydrogen-bond acceptors (Lipinski definition) is 5. The van der Waals surface area contributed by atoms with Crippen LogP contribution < -0.4 is 5.56 Å². The van der Waals surface area contributed by atoms with Crippen molar-refractivity contribution in [2.45, 2.75) is 19.6 Å². The predicted octanol–water partition coefficient (Wildman–Crippen LogP) is 5.77. The number of alkyl halides is 3. The van der Waals surface area contributed by atoms with Crippen LogP contribution in [0.25, 0.3) is 33.1 Å². The number of nitrogens with zero attached hydrogens (tertiary/aromatic N) is 3. The smallest absolute Gasteiger partial charge is 0.455 e. The Bertz CT molecular complexity index is 1570. The van der Waals surface area contributed by atoms with Gasteiger partial charge in [0.15, 0.2) is 0 Å². The zero-order valence-corrected chi connectivity index (χ0v) is 21.8. The molecule has 189 valence electrons. The summed E-state index contributed by atoms with van der Waals surface area (Å²) in [5.74, 6) is -3.28. The van der Waals surface area contributed by atoms with E-state index in [0.29, 0.717) is 10.9 Å². The predicted molar refractivity (Wildman–Crippen MR) is 131 cm³/mol. The maximum absolute atomic E-state index is 12.8. The molecule has 3 heterocycles. The van der Waals surface area contributed by atoms with Crippen LogP contribution in [0.5, 0.6) is 5.75 Å². The number of carbonyl (C=O) groups is 1. The summed E-state index contributed by atoms with van der Waals surface area (Å²) in [6.45, 7) is 1.64. The van der Waals surface area contributed by atoms with E-state index >= 15 is 0 Å². The van der Waals surface area contributed by atoms with Crippen LogP contribution in [0.15, 0.2) is 90.0 Å². The molecule has 0 saturated heterocycles. The van der Waals surface area contributed by atoms with Gasteiger partial charge in [0.05, 0.1) is 16.9 Å². The van der Waals surface area contributed by atoms with Crippen LogP contribution in [0.2, 0.25) is 0 Å². The van der Waals surface area contributed by atoms with Crippen LogP contribution >= 0.6 is 0 Å². The van der Waals surface area contributed by atoms with Crippen LogP contribution in [0.1, 0.15) is 17.3 Å². The monoisotopic (exact) mass is 644 g/mol. The van der Waals surface area contributed by atoms with Gasteiger partial charge in [0.1, 0.15) is 11.3 Å². The summed E-state index contributed by atoms with van der Waals surface area (Å²) in [5.41, 5.74) is -0.263. The van der Waals surface area contributed by atoms with E-state index in [2.05, 4.69) is 9.97 Å². The average molecular weight is 643 g/mol. The number of benzene rings is 2. The van der Waals surface area contributed by atoms with Gasteiger partial charge in [-0.15, -0.1) is 0 Å². The largest absolute Gasteiger partial charge is 0.506 e. The molecule has 0 aliphatic heterocycles. The molecule has 0 saturated carbocycles. The summed E-state index contributed by atoms with van der Waals surface area (Å²) < 4.78 is 39.4. The number of rotatable bonds is 3. The molecule has 0 atom stereocenters. The van der Waals surface area contributed by atoms with Crippen molar-refractivity contribution < 1.29 is 72.4 Å². The van der Waals surface area contributed by atoms with E-state index in [1.165, 1.54) is 6.07 Å². The van der Waals surface area contributed by atoms with Crippen molar-refractivity contribution in [1.82, 2.24) is 14.5 Å². The van der Waals surface area contributed by atoms with Crippen molar-refractivity contribution >= 4 is 27.5 Å². The van der Waals surface area contributed by atoms with Gasteiger partial charge in [0.2, 0.25) is 0 Å². The van der Waals surface area contributed by atoms with Crippen molar-refractivity contribution in [2.24, 2.45) is 0 Å². The average Bonchev–Trinajstić information content (AvgIpc) is 2.89. The first kappa shape index (κ1) is 28.6. The van der Waals surface area contributed by atoms with Crippen molar-refractivity contribution in [3.8, 4) is 17.1 Å². The van der Waals surface area contributed by atoms with E-state index < -0.39 is 28.8 Å². The van der Waals surface area contributed by atoms with E-state index in [-0.39, 0.29) is 61.3 Å². The summed E-state index contributed by atoms with van der Waals surface area (Å²) in [5, 5.41) is 11.6.